The van der Waals surface area contributed by atoms with E-state index in [1.807, 2.05) is 57.9 Å². The quantitative estimate of drug-likeness (QED) is 0.567. The molecule has 0 radical (unpaired) electrons. The van der Waals surface area contributed by atoms with Crippen LogP contribution in [0.3, 0.4) is 0 Å². The molecule has 2 aromatic carbocycles. The van der Waals surface area contributed by atoms with E-state index in [0.29, 0.717) is 18.2 Å². The second kappa shape index (κ2) is 8.82. The van der Waals surface area contributed by atoms with E-state index in [1.165, 1.54) is 4.90 Å². The van der Waals surface area contributed by atoms with Crippen molar-refractivity contribution in [1.82, 2.24) is 19.9 Å². The lowest BCUT2D eigenvalue weighted by Crippen LogP contribution is -2.30. The molecular weight excluding hydrogens is 380 g/mol. The molecular formula is C23H26N4OS. The zero-order valence-electron chi connectivity index (χ0n) is 16.9. The molecule has 5 nitrogen and oxygen atoms in total. The molecule has 0 bridgehead atoms. The number of likely N-dealkylation sites (tertiary alicyclic amines) is 1. The standard InChI is InChI=1S/C23H26N4OS/c1-17(2)29-21-10-8-18(9-11-21)14-23(28)26-13-12-20(15-26)27-16-22(24-25-27)19-6-4-3-5-7-19/h3-11,16-17,20H,12-15H2,1-2H3. The Labute approximate surface area is 176 Å². The van der Waals surface area contributed by atoms with Crippen molar-refractivity contribution in [3.05, 3.63) is 66.4 Å². The fraction of sp³-hybridized carbons (Fsp3) is 0.348. The Bertz CT molecular complexity index is 953. The molecule has 1 aliphatic rings. The highest BCUT2D eigenvalue weighted by Gasteiger charge is 2.28. The average Bonchev–Trinajstić information content (AvgIpc) is 3.39. The summed E-state index contributed by atoms with van der Waals surface area (Å²) in [5.41, 5.74) is 3.00. The van der Waals surface area contributed by atoms with Crippen LogP contribution in [0, 0.1) is 0 Å². The number of benzene rings is 2. The Morgan fingerprint density at radius 2 is 1.90 bits per heavy atom. The summed E-state index contributed by atoms with van der Waals surface area (Å²) in [6, 6.07) is 18.6. The van der Waals surface area contributed by atoms with Gasteiger partial charge >= 0.3 is 0 Å². The monoisotopic (exact) mass is 406 g/mol. The lowest BCUT2D eigenvalue weighted by molar-refractivity contribution is -0.129. The molecule has 4 rings (SSSR count). The minimum Gasteiger partial charge on any atom is -0.340 e. The third-order valence-corrected chi connectivity index (χ3v) is 6.14. The highest BCUT2D eigenvalue weighted by molar-refractivity contribution is 7.99. The molecule has 29 heavy (non-hydrogen) atoms. The van der Waals surface area contributed by atoms with Gasteiger partial charge in [0.2, 0.25) is 5.91 Å². The highest BCUT2D eigenvalue weighted by atomic mass is 32.2. The van der Waals surface area contributed by atoms with Gasteiger partial charge in [0.05, 0.1) is 18.7 Å². The van der Waals surface area contributed by atoms with Crippen LogP contribution < -0.4 is 0 Å². The van der Waals surface area contributed by atoms with Crippen molar-refractivity contribution in [2.45, 2.75) is 42.9 Å². The Hall–Kier alpha value is -2.60. The minimum atomic E-state index is 0.181. The molecule has 1 fully saturated rings. The first kappa shape index (κ1) is 19.7. The van der Waals surface area contributed by atoms with E-state index in [0.717, 1.165) is 29.8 Å². The Morgan fingerprint density at radius 3 is 2.62 bits per heavy atom. The van der Waals surface area contributed by atoms with Crippen LogP contribution in [0.1, 0.15) is 31.9 Å². The predicted molar refractivity (Wildman–Crippen MR) is 117 cm³/mol. The van der Waals surface area contributed by atoms with Crippen LogP contribution in [0.15, 0.2) is 65.7 Å². The number of aromatic nitrogens is 3. The third-order valence-electron chi connectivity index (χ3n) is 5.12. The lowest BCUT2D eigenvalue weighted by Gasteiger charge is -2.16. The zero-order chi connectivity index (χ0) is 20.2. The minimum absolute atomic E-state index is 0.181. The molecule has 1 aromatic heterocycles. The van der Waals surface area contributed by atoms with Gasteiger partial charge in [0.25, 0.3) is 0 Å². The molecule has 0 N–H and O–H groups in total. The van der Waals surface area contributed by atoms with Crippen molar-refractivity contribution in [3.63, 3.8) is 0 Å². The van der Waals surface area contributed by atoms with Crippen molar-refractivity contribution in [1.29, 1.82) is 0 Å². The Kier molecular flexibility index (Phi) is 6.00. The molecule has 2 heterocycles. The maximum absolute atomic E-state index is 12.8. The SMILES string of the molecule is CC(C)Sc1ccc(CC(=O)N2CCC(n3cc(-c4ccccc4)nn3)C2)cc1. The Balaban J connectivity index is 1.35. The van der Waals surface area contributed by atoms with Crippen LogP contribution in [-0.4, -0.2) is 44.1 Å². The predicted octanol–water partition coefficient (Wildman–Crippen LogP) is 4.46. The van der Waals surface area contributed by atoms with Gasteiger partial charge in [0, 0.05) is 28.8 Å². The fourth-order valence-corrected chi connectivity index (χ4v) is 4.46. The maximum atomic E-state index is 12.8. The van der Waals surface area contributed by atoms with Crippen molar-refractivity contribution in [3.8, 4) is 11.3 Å². The number of amides is 1. The van der Waals surface area contributed by atoms with E-state index >= 15 is 0 Å². The van der Waals surface area contributed by atoms with Crippen LogP contribution in [0.2, 0.25) is 0 Å². The first-order valence-corrected chi connectivity index (χ1v) is 11.0. The van der Waals surface area contributed by atoms with E-state index in [1.54, 1.807) is 0 Å². The van der Waals surface area contributed by atoms with Crippen LogP contribution >= 0.6 is 11.8 Å². The molecule has 1 amide bonds. The third kappa shape index (κ3) is 4.88. The van der Waals surface area contributed by atoms with Crippen LogP contribution in [0.4, 0.5) is 0 Å². The van der Waals surface area contributed by atoms with Gasteiger partial charge in [-0.1, -0.05) is 61.5 Å². The second-order valence-corrected chi connectivity index (χ2v) is 9.37. The summed E-state index contributed by atoms with van der Waals surface area (Å²) in [7, 11) is 0. The summed E-state index contributed by atoms with van der Waals surface area (Å²) in [6.45, 7) is 5.83. The zero-order valence-corrected chi connectivity index (χ0v) is 17.7. The van der Waals surface area contributed by atoms with Gasteiger partial charge in [-0.05, 0) is 24.1 Å². The summed E-state index contributed by atoms with van der Waals surface area (Å²) in [6.07, 6.45) is 3.35. The lowest BCUT2D eigenvalue weighted by atomic mass is 10.1. The number of carbonyl (C=O) groups excluding carboxylic acids is 1. The molecule has 0 spiro atoms. The smallest absolute Gasteiger partial charge is 0.227 e. The van der Waals surface area contributed by atoms with Crippen LogP contribution in [0.5, 0.6) is 0 Å². The molecule has 1 saturated heterocycles. The molecule has 1 atom stereocenters. The summed E-state index contributed by atoms with van der Waals surface area (Å²) in [5, 5.41) is 9.18. The van der Waals surface area contributed by atoms with Gasteiger partial charge in [-0.3, -0.25) is 4.79 Å². The van der Waals surface area contributed by atoms with E-state index < -0.39 is 0 Å². The maximum Gasteiger partial charge on any atom is 0.227 e. The number of hydrogen-bond acceptors (Lipinski definition) is 4. The highest BCUT2D eigenvalue weighted by Crippen LogP contribution is 2.25. The number of nitrogens with zero attached hydrogens (tertiary/aromatic N) is 4. The molecule has 1 unspecified atom stereocenters. The van der Waals surface area contributed by atoms with Crippen molar-refractivity contribution >= 4 is 17.7 Å². The summed E-state index contributed by atoms with van der Waals surface area (Å²) < 4.78 is 1.91. The molecule has 150 valence electrons. The van der Waals surface area contributed by atoms with E-state index in [4.69, 9.17) is 0 Å². The topological polar surface area (TPSA) is 51.0 Å². The van der Waals surface area contributed by atoms with E-state index in [-0.39, 0.29) is 11.9 Å². The summed E-state index contributed by atoms with van der Waals surface area (Å²) in [5.74, 6) is 0.181. The van der Waals surface area contributed by atoms with Gasteiger partial charge in [0.15, 0.2) is 0 Å². The van der Waals surface area contributed by atoms with Crippen LogP contribution in [-0.2, 0) is 11.2 Å². The van der Waals surface area contributed by atoms with Crippen molar-refractivity contribution in [2.75, 3.05) is 13.1 Å². The van der Waals surface area contributed by atoms with Gasteiger partial charge in [-0.2, -0.15) is 0 Å². The molecule has 0 aliphatic carbocycles. The first-order valence-electron chi connectivity index (χ1n) is 10.1. The Morgan fingerprint density at radius 1 is 1.14 bits per heavy atom. The fourth-order valence-electron chi connectivity index (χ4n) is 3.63. The summed E-state index contributed by atoms with van der Waals surface area (Å²) >= 11 is 1.84. The number of hydrogen-bond donors (Lipinski definition) is 0. The normalized spacial score (nSPS) is 16.5. The number of carbonyl (C=O) groups is 1. The van der Waals surface area contributed by atoms with Crippen LogP contribution in [0.25, 0.3) is 11.3 Å². The average molecular weight is 407 g/mol. The van der Waals surface area contributed by atoms with E-state index in [2.05, 4.69) is 48.4 Å². The largest absolute Gasteiger partial charge is 0.340 e. The second-order valence-electron chi connectivity index (χ2n) is 7.72. The summed E-state index contributed by atoms with van der Waals surface area (Å²) in [4.78, 5) is 16.0. The van der Waals surface area contributed by atoms with Gasteiger partial charge in [-0.25, -0.2) is 4.68 Å². The molecule has 0 saturated carbocycles. The molecule has 1 aliphatic heterocycles. The number of thioether (sulfide) groups is 1. The van der Waals surface area contributed by atoms with Crippen molar-refractivity contribution < 1.29 is 4.79 Å². The van der Waals surface area contributed by atoms with E-state index in [9.17, 15) is 4.79 Å². The molecule has 6 heteroatoms. The number of rotatable bonds is 6. The molecule has 3 aromatic rings. The first-order chi connectivity index (χ1) is 14.1. The van der Waals surface area contributed by atoms with Gasteiger partial charge in [0.1, 0.15) is 5.69 Å². The van der Waals surface area contributed by atoms with Gasteiger partial charge < -0.3 is 4.90 Å². The van der Waals surface area contributed by atoms with Crippen molar-refractivity contribution in [2.24, 2.45) is 0 Å². The van der Waals surface area contributed by atoms with Gasteiger partial charge in [-0.15, -0.1) is 16.9 Å².